The largest absolute Gasteiger partial charge is 0.329 e. The molecule has 2 aromatic rings. The summed E-state index contributed by atoms with van der Waals surface area (Å²) in [5.41, 5.74) is 3.77. The number of rotatable bonds is 4. The van der Waals surface area contributed by atoms with Gasteiger partial charge in [0.25, 0.3) is 0 Å². The Morgan fingerprint density at radius 3 is 2.68 bits per heavy atom. The molecule has 0 bridgehead atoms. The Labute approximate surface area is 115 Å². The minimum atomic E-state index is 0.569. The summed E-state index contributed by atoms with van der Waals surface area (Å²) < 4.78 is 2.29. The number of aromatic nitrogens is 2. The van der Waals surface area contributed by atoms with Crippen LogP contribution in [0.2, 0.25) is 0 Å². The summed E-state index contributed by atoms with van der Waals surface area (Å²) in [5.74, 6) is 0.569. The zero-order valence-corrected chi connectivity index (χ0v) is 12.0. The van der Waals surface area contributed by atoms with Gasteiger partial charge in [0.15, 0.2) is 0 Å². The summed E-state index contributed by atoms with van der Waals surface area (Å²) in [4.78, 5) is 7.10. The van der Waals surface area contributed by atoms with Crippen LogP contribution in [0.25, 0.3) is 11.0 Å². The molecular formula is C16H23N3. The Morgan fingerprint density at radius 2 is 1.95 bits per heavy atom. The minimum Gasteiger partial charge on any atom is -0.329 e. The summed E-state index contributed by atoms with van der Waals surface area (Å²) in [5, 5.41) is 0. The molecule has 3 nitrogen and oxygen atoms in total. The molecule has 2 heterocycles. The van der Waals surface area contributed by atoms with Crippen LogP contribution in [-0.4, -0.2) is 34.1 Å². The number of benzene rings is 1. The minimum absolute atomic E-state index is 0.569. The van der Waals surface area contributed by atoms with Crippen LogP contribution in [0.5, 0.6) is 0 Å². The Morgan fingerprint density at radius 1 is 1.16 bits per heavy atom. The molecule has 1 aliphatic heterocycles. The molecule has 0 spiro atoms. The molecule has 102 valence electrons. The van der Waals surface area contributed by atoms with Crippen LogP contribution in [0, 0.1) is 0 Å². The molecule has 1 aromatic heterocycles. The first-order valence-electron chi connectivity index (χ1n) is 7.41. The van der Waals surface area contributed by atoms with Gasteiger partial charge in [-0.2, -0.15) is 0 Å². The zero-order valence-electron chi connectivity index (χ0n) is 12.0. The van der Waals surface area contributed by atoms with Crippen molar-refractivity contribution in [1.82, 2.24) is 14.5 Å². The Hall–Kier alpha value is -1.35. The van der Waals surface area contributed by atoms with Crippen molar-refractivity contribution in [3.63, 3.8) is 0 Å². The normalized spacial score (nSPS) is 16.8. The van der Waals surface area contributed by atoms with Crippen LogP contribution >= 0.6 is 0 Å². The van der Waals surface area contributed by atoms with Crippen LogP contribution in [0.15, 0.2) is 24.5 Å². The van der Waals surface area contributed by atoms with Crippen LogP contribution in [0.1, 0.15) is 38.2 Å². The second-order valence-electron chi connectivity index (χ2n) is 5.89. The van der Waals surface area contributed by atoms with Gasteiger partial charge in [-0.25, -0.2) is 4.98 Å². The van der Waals surface area contributed by atoms with Gasteiger partial charge >= 0.3 is 0 Å². The molecule has 3 rings (SSSR count). The number of likely N-dealkylation sites (tertiary alicyclic amines) is 1. The van der Waals surface area contributed by atoms with E-state index in [4.69, 9.17) is 0 Å². The van der Waals surface area contributed by atoms with Crippen molar-refractivity contribution < 1.29 is 0 Å². The van der Waals surface area contributed by atoms with E-state index in [9.17, 15) is 0 Å². The SMILES string of the molecule is CC(C)c1ccc2c(c1)ncn2CCN1CCCC1. The molecular weight excluding hydrogens is 234 g/mol. The number of hydrogen-bond donors (Lipinski definition) is 0. The van der Waals surface area contributed by atoms with E-state index < -0.39 is 0 Å². The van der Waals surface area contributed by atoms with E-state index >= 15 is 0 Å². The van der Waals surface area contributed by atoms with Crippen molar-refractivity contribution in [3.8, 4) is 0 Å². The molecule has 1 aliphatic rings. The third-order valence-electron chi connectivity index (χ3n) is 4.17. The van der Waals surface area contributed by atoms with Crippen molar-refractivity contribution in [1.29, 1.82) is 0 Å². The maximum absolute atomic E-state index is 4.55. The van der Waals surface area contributed by atoms with Gasteiger partial charge in [-0.05, 0) is 49.5 Å². The lowest BCUT2D eigenvalue weighted by molar-refractivity contribution is 0.324. The average Bonchev–Trinajstić information content (AvgIpc) is 3.05. The number of imidazole rings is 1. The quantitative estimate of drug-likeness (QED) is 0.838. The molecule has 3 heteroatoms. The number of fused-ring (bicyclic) bond motifs is 1. The predicted molar refractivity (Wildman–Crippen MR) is 79.5 cm³/mol. The van der Waals surface area contributed by atoms with Gasteiger partial charge in [0.1, 0.15) is 0 Å². The fourth-order valence-electron chi connectivity index (χ4n) is 2.87. The Balaban J connectivity index is 1.76. The Bertz CT molecular complexity index is 550. The smallest absolute Gasteiger partial charge is 0.0958 e. The van der Waals surface area contributed by atoms with Gasteiger partial charge in [-0.1, -0.05) is 19.9 Å². The highest BCUT2D eigenvalue weighted by atomic mass is 15.2. The van der Waals surface area contributed by atoms with Gasteiger partial charge in [-0.3, -0.25) is 0 Å². The third-order valence-corrected chi connectivity index (χ3v) is 4.17. The monoisotopic (exact) mass is 257 g/mol. The maximum Gasteiger partial charge on any atom is 0.0958 e. The van der Waals surface area contributed by atoms with Gasteiger partial charge in [0.2, 0.25) is 0 Å². The van der Waals surface area contributed by atoms with E-state index in [0.29, 0.717) is 5.92 Å². The summed E-state index contributed by atoms with van der Waals surface area (Å²) in [6.45, 7) is 9.19. The van der Waals surface area contributed by atoms with E-state index in [-0.39, 0.29) is 0 Å². The molecule has 1 fully saturated rings. The summed E-state index contributed by atoms with van der Waals surface area (Å²) in [6.07, 6.45) is 4.72. The van der Waals surface area contributed by atoms with Crippen molar-refractivity contribution >= 4 is 11.0 Å². The summed E-state index contributed by atoms with van der Waals surface area (Å²) >= 11 is 0. The second kappa shape index (κ2) is 5.33. The third kappa shape index (κ3) is 2.66. The molecule has 0 radical (unpaired) electrons. The number of nitrogens with zero attached hydrogens (tertiary/aromatic N) is 3. The highest BCUT2D eigenvalue weighted by molar-refractivity contribution is 5.76. The molecule has 19 heavy (non-hydrogen) atoms. The van der Waals surface area contributed by atoms with Gasteiger partial charge in [-0.15, -0.1) is 0 Å². The van der Waals surface area contributed by atoms with E-state index in [1.807, 2.05) is 6.33 Å². The molecule has 1 saturated heterocycles. The zero-order chi connectivity index (χ0) is 13.2. The molecule has 0 unspecified atom stereocenters. The van der Waals surface area contributed by atoms with Gasteiger partial charge in [0.05, 0.1) is 17.4 Å². The average molecular weight is 257 g/mol. The lowest BCUT2D eigenvalue weighted by Crippen LogP contribution is -2.23. The molecule has 0 saturated carbocycles. The molecule has 0 aliphatic carbocycles. The van der Waals surface area contributed by atoms with Crippen LogP contribution in [-0.2, 0) is 6.54 Å². The van der Waals surface area contributed by atoms with Crippen molar-refractivity contribution in [3.05, 3.63) is 30.1 Å². The predicted octanol–water partition coefficient (Wildman–Crippen LogP) is 3.26. The summed E-state index contributed by atoms with van der Waals surface area (Å²) in [7, 11) is 0. The summed E-state index contributed by atoms with van der Waals surface area (Å²) in [6, 6.07) is 6.69. The first-order chi connectivity index (χ1) is 9.24. The number of hydrogen-bond acceptors (Lipinski definition) is 2. The molecule has 0 amide bonds. The van der Waals surface area contributed by atoms with E-state index in [0.717, 1.165) is 18.6 Å². The van der Waals surface area contributed by atoms with Crippen molar-refractivity contribution in [2.24, 2.45) is 0 Å². The van der Waals surface area contributed by atoms with Crippen molar-refractivity contribution in [2.75, 3.05) is 19.6 Å². The van der Waals surface area contributed by atoms with Crippen LogP contribution in [0.3, 0.4) is 0 Å². The fourth-order valence-corrected chi connectivity index (χ4v) is 2.87. The van der Waals surface area contributed by atoms with E-state index in [1.54, 1.807) is 0 Å². The highest BCUT2D eigenvalue weighted by Gasteiger charge is 2.12. The lowest BCUT2D eigenvalue weighted by Gasteiger charge is -2.15. The molecule has 0 N–H and O–H groups in total. The van der Waals surface area contributed by atoms with Crippen LogP contribution in [0.4, 0.5) is 0 Å². The van der Waals surface area contributed by atoms with E-state index in [2.05, 4.69) is 46.5 Å². The van der Waals surface area contributed by atoms with Gasteiger partial charge in [0, 0.05) is 13.1 Å². The Kier molecular flexibility index (Phi) is 3.56. The first-order valence-corrected chi connectivity index (χ1v) is 7.41. The topological polar surface area (TPSA) is 21.1 Å². The maximum atomic E-state index is 4.55. The van der Waals surface area contributed by atoms with Gasteiger partial charge < -0.3 is 9.47 Å². The van der Waals surface area contributed by atoms with E-state index in [1.165, 1.54) is 37.0 Å². The molecule has 1 aromatic carbocycles. The second-order valence-corrected chi connectivity index (χ2v) is 5.89. The molecule has 0 atom stereocenters. The highest BCUT2D eigenvalue weighted by Crippen LogP contribution is 2.20. The standard InChI is InChI=1S/C16H23N3/c1-13(2)14-5-6-16-15(11-14)17-12-19(16)10-9-18-7-3-4-8-18/h5-6,11-13H,3-4,7-10H2,1-2H3. The van der Waals surface area contributed by atoms with Crippen molar-refractivity contribution in [2.45, 2.75) is 39.2 Å². The van der Waals surface area contributed by atoms with Crippen LogP contribution < -0.4 is 0 Å². The fraction of sp³-hybridized carbons (Fsp3) is 0.562. The first kappa shape index (κ1) is 12.7. The lowest BCUT2D eigenvalue weighted by atomic mass is 10.0.